The predicted molar refractivity (Wildman–Crippen MR) is 77.9 cm³/mol. The minimum absolute atomic E-state index is 0.316. The fourth-order valence-corrected chi connectivity index (χ4v) is 2.45. The zero-order valence-corrected chi connectivity index (χ0v) is 11.3. The quantitative estimate of drug-likeness (QED) is 0.637. The lowest BCUT2D eigenvalue weighted by molar-refractivity contribution is 0.0926. The van der Waals surface area contributed by atoms with Gasteiger partial charge in [-0.05, 0) is 43.7 Å². The lowest BCUT2D eigenvalue weighted by Gasteiger charge is -2.16. The Hall–Kier alpha value is -2.62. The van der Waals surface area contributed by atoms with E-state index in [1.165, 1.54) is 0 Å². The molecule has 0 unspecified atom stereocenters. The van der Waals surface area contributed by atoms with E-state index in [1.54, 1.807) is 24.3 Å². The molecule has 100 valence electrons. The van der Waals surface area contributed by atoms with Crippen LogP contribution in [-0.4, -0.2) is 11.8 Å². The number of carbonyl (C=O) groups excluding carboxylic acids is 2. The van der Waals surface area contributed by atoms with E-state index < -0.39 is 0 Å². The molecule has 2 N–H and O–H groups in total. The van der Waals surface area contributed by atoms with Gasteiger partial charge in [0.15, 0.2) is 0 Å². The lowest BCUT2D eigenvalue weighted by Crippen LogP contribution is -2.30. The number of nitrogens with zero attached hydrogens (tertiary/aromatic N) is 1. The summed E-state index contributed by atoms with van der Waals surface area (Å²) < 4.78 is 0. The highest BCUT2D eigenvalue weighted by Gasteiger charge is 2.37. The van der Waals surface area contributed by atoms with Crippen molar-refractivity contribution in [1.82, 2.24) is 0 Å². The predicted octanol–water partition coefficient (Wildman–Crippen LogP) is 2.69. The third kappa shape index (κ3) is 1.69. The third-order valence-electron chi connectivity index (χ3n) is 3.47. The van der Waals surface area contributed by atoms with E-state index in [-0.39, 0.29) is 11.8 Å². The first kappa shape index (κ1) is 12.4. The molecule has 2 aromatic carbocycles. The highest BCUT2D eigenvalue weighted by atomic mass is 16.2. The molecule has 1 aliphatic rings. The Morgan fingerprint density at radius 2 is 1.45 bits per heavy atom. The third-order valence-corrected chi connectivity index (χ3v) is 3.47. The van der Waals surface area contributed by atoms with Crippen LogP contribution in [0.1, 0.15) is 31.8 Å². The summed E-state index contributed by atoms with van der Waals surface area (Å²) in [7, 11) is 0. The van der Waals surface area contributed by atoms with E-state index in [2.05, 4.69) is 0 Å². The smallest absolute Gasteiger partial charge is 0.266 e. The number of benzene rings is 2. The van der Waals surface area contributed by atoms with Crippen molar-refractivity contribution < 1.29 is 9.59 Å². The molecule has 0 bridgehead atoms. The van der Waals surface area contributed by atoms with Gasteiger partial charge in [-0.15, -0.1) is 0 Å². The number of aryl methyl sites for hydroxylation is 2. The Morgan fingerprint density at radius 3 is 2.15 bits per heavy atom. The largest absolute Gasteiger partial charge is 0.397 e. The summed E-state index contributed by atoms with van der Waals surface area (Å²) in [6.07, 6.45) is 0. The molecule has 0 aromatic heterocycles. The molecule has 0 fully saturated rings. The van der Waals surface area contributed by atoms with Crippen LogP contribution >= 0.6 is 0 Å². The van der Waals surface area contributed by atoms with Gasteiger partial charge in [-0.2, -0.15) is 0 Å². The van der Waals surface area contributed by atoms with Crippen molar-refractivity contribution in [2.75, 3.05) is 10.6 Å². The number of nitrogens with two attached hydrogens (primary N) is 1. The second-order valence-corrected chi connectivity index (χ2v) is 5.06. The Morgan fingerprint density at radius 1 is 0.850 bits per heavy atom. The molecule has 0 radical (unpaired) electrons. The van der Waals surface area contributed by atoms with Crippen molar-refractivity contribution in [3.05, 3.63) is 58.7 Å². The van der Waals surface area contributed by atoms with Crippen LogP contribution < -0.4 is 10.6 Å². The van der Waals surface area contributed by atoms with E-state index >= 15 is 0 Å². The fraction of sp³-hybridized carbons (Fsp3) is 0.125. The fourth-order valence-electron chi connectivity index (χ4n) is 2.45. The van der Waals surface area contributed by atoms with Gasteiger partial charge in [0.2, 0.25) is 0 Å². The van der Waals surface area contributed by atoms with Crippen LogP contribution in [0.5, 0.6) is 0 Å². The van der Waals surface area contributed by atoms with Crippen LogP contribution in [0.3, 0.4) is 0 Å². The molecule has 4 heteroatoms. The number of hydrogen-bond donors (Lipinski definition) is 1. The maximum Gasteiger partial charge on any atom is 0.266 e. The SMILES string of the molecule is Cc1ccc(N2C(=O)c3ccc(C)cc3C2=O)c(N)c1. The maximum atomic E-state index is 12.4. The Labute approximate surface area is 116 Å². The summed E-state index contributed by atoms with van der Waals surface area (Å²) in [5.74, 6) is -0.634. The number of carbonyl (C=O) groups is 2. The van der Waals surface area contributed by atoms with Crippen LogP contribution in [0.15, 0.2) is 36.4 Å². The van der Waals surface area contributed by atoms with Crippen LogP contribution in [0.4, 0.5) is 11.4 Å². The van der Waals surface area contributed by atoms with E-state index in [4.69, 9.17) is 5.73 Å². The summed E-state index contributed by atoms with van der Waals surface area (Å²) in [5, 5.41) is 0. The standard InChI is InChI=1S/C16H14N2O2/c1-9-3-5-11-12(7-9)16(20)18(15(11)19)14-6-4-10(2)8-13(14)17/h3-8H,17H2,1-2H3. The van der Waals surface area contributed by atoms with Crippen molar-refractivity contribution in [3.8, 4) is 0 Å². The zero-order chi connectivity index (χ0) is 14.4. The molecule has 1 heterocycles. The molecule has 0 atom stereocenters. The van der Waals surface area contributed by atoms with Gasteiger partial charge in [-0.25, -0.2) is 4.90 Å². The Balaban J connectivity index is 2.14. The first-order valence-electron chi connectivity index (χ1n) is 6.34. The van der Waals surface area contributed by atoms with Crippen molar-refractivity contribution in [2.45, 2.75) is 13.8 Å². The Kier molecular flexibility index (Phi) is 2.61. The Bertz CT molecular complexity index is 750. The van der Waals surface area contributed by atoms with E-state index in [9.17, 15) is 9.59 Å². The average molecular weight is 266 g/mol. The number of anilines is 2. The molecular weight excluding hydrogens is 252 g/mol. The zero-order valence-electron chi connectivity index (χ0n) is 11.3. The molecular formula is C16H14N2O2. The van der Waals surface area contributed by atoms with Crippen LogP contribution in [0.25, 0.3) is 0 Å². The van der Waals surface area contributed by atoms with Gasteiger partial charge in [-0.1, -0.05) is 17.7 Å². The van der Waals surface area contributed by atoms with Gasteiger partial charge in [0.1, 0.15) is 0 Å². The second kappa shape index (κ2) is 4.20. The first-order chi connectivity index (χ1) is 9.49. The minimum atomic E-state index is -0.319. The number of fused-ring (bicyclic) bond motifs is 1. The molecule has 20 heavy (non-hydrogen) atoms. The van der Waals surface area contributed by atoms with E-state index in [0.717, 1.165) is 16.0 Å². The summed E-state index contributed by atoms with van der Waals surface area (Å²) in [6.45, 7) is 3.80. The highest BCUT2D eigenvalue weighted by molar-refractivity contribution is 6.35. The molecule has 4 nitrogen and oxygen atoms in total. The number of nitrogen functional groups attached to an aromatic ring is 1. The van der Waals surface area contributed by atoms with Crippen molar-refractivity contribution >= 4 is 23.2 Å². The number of hydrogen-bond acceptors (Lipinski definition) is 3. The summed E-state index contributed by atoms with van der Waals surface area (Å²) in [4.78, 5) is 26.0. The van der Waals surface area contributed by atoms with Gasteiger partial charge in [0, 0.05) is 0 Å². The van der Waals surface area contributed by atoms with E-state index in [1.807, 2.05) is 26.0 Å². The summed E-state index contributed by atoms with van der Waals surface area (Å²) in [5.41, 5.74) is 9.62. The number of imide groups is 1. The first-order valence-corrected chi connectivity index (χ1v) is 6.34. The number of rotatable bonds is 1. The molecule has 3 rings (SSSR count). The second-order valence-electron chi connectivity index (χ2n) is 5.06. The minimum Gasteiger partial charge on any atom is -0.397 e. The van der Waals surface area contributed by atoms with Crippen molar-refractivity contribution in [1.29, 1.82) is 0 Å². The molecule has 2 amide bonds. The van der Waals surface area contributed by atoms with Gasteiger partial charge < -0.3 is 5.73 Å². The molecule has 0 saturated carbocycles. The van der Waals surface area contributed by atoms with Crippen molar-refractivity contribution in [3.63, 3.8) is 0 Å². The van der Waals surface area contributed by atoms with Gasteiger partial charge >= 0.3 is 0 Å². The van der Waals surface area contributed by atoms with Gasteiger partial charge in [0.25, 0.3) is 11.8 Å². The average Bonchev–Trinajstić information content (AvgIpc) is 2.63. The highest BCUT2D eigenvalue weighted by Crippen LogP contribution is 2.32. The summed E-state index contributed by atoms with van der Waals surface area (Å²) in [6, 6.07) is 10.5. The summed E-state index contributed by atoms with van der Waals surface area (Å²) >= 11 is 0. The topological polar surface area (TPSA) is 63.4 Å². The normalized spacial score (nSPS) is 13.8. The van der Waals surface area contributed by atoms with Crippen LogP contribution in [0.2, 0.25) is 0 Å². The molecule has 2 aromatic rings. The number of amides is 2. The van der Waals surface area contributed by atoms with Crippen molar-refractivity contribution in [2.24, 2.45) is 0 Å². The van der Waals surface area contributed by atoms with Crippen LogP contribution in [0, 0.1) is 13.8 Å². The lowest BCUT2D eigenvalue weighted by atomic mass is 10.1. The molecule has 1 aliphatic heterocycles. The molecule has 0 saturated heterocycles. The maximum absolute atomic E-state index is 12.4. The molecule has 0 aliphatic carbocycles. The van der Waals surface area contributed by atoms with Crippen LogP contribution in [-0.2, 0) is 0 Å². The monoisotopic (exact) mass is 266 g/mol. The van der Waals surface area contributed by atoms with Gasteiger partial charge in [-0.3, -0.25) is 9.59 Å². The molecule has 0 spiro atoms. The van der Waals surface area contributed by atoms with Gasteiger partial charge in [0.05, 0.1) is 22.5 Å². The van der Waals surface area contributed by atoms with E-state index in [0.29, 0.717) is 22.5 Å².